The molecule has 96 valence electrons. The summed E-state index contributed by atoms with van der Waals surface area (Å²) in [7, 11) is -3.00. The Morgan fingerprint density at radius 1 is 1.19 bits per heavy atom. The molecule has 1 rings (SSSR count). The lowest BCUT2D eigenvalue weighted by atomic mass is 10.3. The Labute approximate surface area is 99.5 Å². The summed E-state index contributed by atoms with van der Waals surface area (Å²) >= 11 is 0. The van der Waals surface area contributed by atoms with Crippen LogP contribution >= 0.6 is 0 Å². The molecule has 5 heteroatoms. The molecule has 0 aromatic rings. The van der Waals surface area contributed by atoms with Crippen LogP contribution in [0.3, 0.4) is 0 Å². The summed E-state index contributed by atoms with van der Waals surface area (Å²) in [6, 6.07) is 0.722. The molecule has 0 saturated heterocycles. The Morgan fingerprint density at radius 2 is 1.81 bits per heavy atom. The monoisotopic (exact) mass is 248 g/mol. The van der Waals surface area contributed by atoms with E-state index in [-0.39, 0.29) is 0 Å². The average Bonchev–Trinajstić information content (AvgIpc) is 3.02. The SMILES string of the molecule is CCN(CC)S(=O)(=O)CCCCNC1CC1. The van der Waals surface area contributed by atoms with Crippen LogP contribution in [-0.4, -0.2) is 44.2 Å². The minimum absolute atomic E-state index is 0.293. The highest BCUT2D eigenvalue weighted by Crippen LogP contribution is 2.18. The van der Waals surface area contributed by atoms with E-state index in [9.17, 15) is 8.42 Å². The van der Waals surface area contributed by atoms with Gasteiger partial charge in [-0.3, -0.25) is 0 Å². The van der Waals surface area contributed by atoms with E-state index in [1.807, 2.05) is 13.8 Å². The summed E-state index contributed by atoms with van der Waals surface area (Å²) in [4.78, 5) is 0. The molecule has 1 fully saturated rings. The van der Waals surface area contributed by atoms with Crippen LogP contribution in [0, 0.1) is 0 Å². The van der Waals surface area contributed by atoms with Crippen molar-refractivity contribution in [2.45, 2.75) is 45.6 Å². The van der Waals surface area contributed by atoms with Gasteiger partial charge in [0, 0.05) is 19.1 Å². The van der Waals surface area contributed by atoms with Gasteiger partial charge in [-0.15, -0.1) is 0 Å². The quantitative estimate of drug-likeness (QED) is 0.624. The fourth-order valence-electron chi connectivity index (χ4n) is 1.75. The number of nitrogens with zero attached hydrogens (tertiary/aromatic N) is 1. The summed E-state index contributed by atoms with van der Waals surface area (Å²) in [6.07, 6.45) is 4.30. The molecule has 4 nitrogen and oxygen atoms in total. The predicted molar refractivity (Wildman–Crippen MR) is 67.0 cm³/mol. The van der Waals surface area contributed by atoms with Crippen LogP contribution in [0.4, 0.5) is 0 Å². The molecule has 1 saturated carbocycles. The maximum atomic E-state index is 11.8. The third-order valence-electron chi connectivity index (χ3n) is 2.94. The van der Waals surface area contributed by atoms with Crippen LogP contribution in [0.2, 0.25) is 0 Å². The number of hydrogen-bond donors (Lipinski definition) is 1. The smallest absolute Gasteiger partial charge is 0.214 e. The van der Waals surface area contributed by atoms with E-state index >= 15 is 0 Å². The minimum Gasteiger partial charge on any atom is -0.314 e. The van der Waals surface area contributed by atoms with Gasteiger partial charge in [-0.25, -0.2) is 12.7 Å². The van der Waals surface area contributed by atoms with Crippen LogP contribution in [-0.2, 0) is 10.0 Å². The summed E-state index contributed by atoms with van der Waals surface area (Å²) in [5.41, 5.74) is 0. The van der Waals surface area contributed by atoms with Crippen molar-refractivity contribution in [2.75, 3.05) is 25.4 Å². The van der Waals surface area contributed by atoms with Gasteiger partial charge in [-0.2, -0.15) is 0 Å². The maximum Gasteiger partial charge on any atom is 0.214 e. The molecule has 0 amide bonds. The number of rotatable bonds is 9. The molecule has 16 heavy (non-hydrogen) atoms. The second-order valence-electron chi connectivity index (χ2n) is 4.34. The van der Waals surface area contributed by atoms with Gasteiger partial charge in [-0.1, -0.05) is 13.8 Å². The highest BCUT2D eigenvalue weighted by molar-refractivity contribution is 7.89. The van der Waals surface area contributed by atoms with Crippen molar-refractivity contribution >= 4 is 10.0 Å². The van der Waals surface area contributed by atoms with Crippen molar-refractivity contribution in [1.29, 1.82) is 0 Å². The lowest BCUT2D eigenvalue weighted by Gasteiger charge is -2.18. The normalized spacial score (nSPS) is 16.9. The molecule has 0 aromatic heterocycles. The van der Waals surface area contributed by atoms with Crippen molar-refractivity contribution in [3.8, 4) is 0 Å². The first-order valence-corrected chi connectivity index (χ1v) is 7.92. The van der Waals surface area contributed by atoms with Crippen molar-refractivity contribution in [3.63, 3.8) is 0 Å². The average molecular weight is 248 g/mol. The van der Waals surface area contributed by atoms with E-state index in [2.05, 4.69) is 5.32 Å². The lowest BCUT2D eigenvalue weighted by molar-refractivity contribution is 0.443. The number of nitrogens with one attached hydrogen (secondary N) is 1. The zero-order valence-corrected chi connectivity index (χ0v) is 11.2. The third kappa shape index (κ3) is 4.80. The van der Waals surface area contributed by atoms with Crippen LogP contribution < -0.4 is 5.32 Å². The summed E-state index contributed by atoms with van der Waals surface area (Å²) in [5.74, 6) is 0.293. The van der Waals surface area contributed by atoms with Gasteiger partial charge in [0.2, 0.25) is 10.0 Å². The van der Waals surface area contributed by atoms with Gasteiger partial charge in [0.15, 0.2) is 0 Å². The minimum atomic E-state index is -3.00. The standard InChI is InChI=1S/C11H24N2O2S/c1-3-13(4-2)16(14,15)10-6-5-9-12-11-7-8-11/h11-12H,3-10H2,1-2H3. The zero-order chi connectivity index (χ0) is 12.0. The Hall–Kier alpha value is -0.130. The fraction of sp³-hybridized carbons (Fsp3) is 1.00. The van der Waals surface area contributed by atoms with Crippen molar-refractivity contribution in [2.24, 2.45) is 0 Å². The van der Waals surface area contributed by atoms with Crippen LogP contribution in [0.5, 0.6) is 0 Å². The van der Waals surface area contributed by atoms with Crippen LogP contribution in [0.15, 0.2) is 0 Å². The van der Waals surface area contributed by atoms with E-state index < -0.39 is 10.0 Å². The van der Waals surface area contributed by atoms with Crippen molar-refractivity contribution in [1.82, 2.24) is 9.62 Å². The molecule has 0 spiro atoms. The Kier molecular flexibility index (Phi) is 5.72. The zero-order valence-electron chi connectivity index (χ0n) is 10.4. The molecule has 1 aliphatic rings. The molecular weight excluding hydrogens is 224 g/mol. The van der Waals surface area contributed by atoms with Gasteiger partial charge >= 0.3 is 0 Å². The Bertz CT molecular complexity index is 282. The Balaban J connectivity index is 2.13. The fourth-order valence-corrected chi connectivity index (χ4v) is 3.36. The number of unbranched alkanes of at least 4 members (excludes halogenated alkanes) is 1. The first-order chi connectivity index (χ1) is 7.60. The van der Waals surface area contributed by atoms with E-state index in [0.717, 1.165) is 25.4 Å². The summed E-state index contributed by atoms with van der Waals surface area (Å²) in [5, 5.41) is 3.39. The van der Waals surface area contributed by atoms with E-state index in [4.69, 9.17) is 0 Å². The predicted octanol–water partition coefficient (Wildman–Crippen LogP) is 1.19. The van der Waals surface area contributed by atoms with E-state index in [0.29, 0.717) is 18.8 Å². The third-order valence-corrected chi connectivity index (χ3v) is 5.05. The van der Waals surface area contributed by atoms with Gasteiger partial charge < -0.3 is 5.32 Å². The van der Waals surface area contributed by atoms with Gasteiger partial charge in [0.1, 0.15) is 0 Å². The molecule has 0 radical (unpaired) electrons. The Morgan fingerprint density at radius 3 is 2.31 bits per heavy atom. The molecular formula is C11H24N2O2S. The van der Waals surface area contributed by atoms with Crippen LogP contribution in [0.25, 0.3) is 0 Å². The first kappa shape index (κ1) is 13.9. The summed E-state index contributed by atoms with van der Waals surface area (Å²) in [6.45, 7) is 5.89. The number of sulfonamides is 1. The van der Waals surface area contributed by atoms with Crippen molar-refractivity contribution in [3.05, 3.63) is 0 Å². The van der Waals surface area contributed by atoms with Crippen molar-refractivity contribution < 1.29 is 8.42 Å². The number of hydrogen-bond acceptors (Lipinski definition) is 3. The van der Waals surface area contributed by atoms with Gasteiger partial charge in [-0.05, 0) is 32.2 Å². The second-order valence-corrected chi connectivity index (χ2v) is 6.42. The summed E-state index contributed by atoms with van der Waals surface area (Å²) < 4.78 is 25.2. The molecule has 1 aliphatic carbocycles. The largest absolute Gasteiger partial charge is 0.314 e. The topological polar surface area (TPSA) is 49.4 Å². The van der Waals surface area contributed by atoms with E-state index in [1.165, 1.54) is 12.8 Å². The molecule has 0 unspecified atom stereocenters. The highest BCUT2D eigenvalue weighted by Gasteiger charge is 2.20. The lowest BCUT2D eigenvalue weighted by Crippen LogP contribution is -2.32. The molecule has 0 aromatic carbocycles. The van der Waals surface area contributed by atoms with Gasteiger partial charge in [0.05, 0.1) is 5.75 Å². The van der Waals surface area contributed by atoms with Gasteiger partial charge in [0.25, 0.3) is 0 Å². The van der Waals surface area contributed by atoms with Crippen LogP contribution in [0.1, 0.15) is 39.5 Å². The molecule has 1 N–H and O–H groups in total. The molecule has 0 heterocycles. The second kappa shape index (κ2) is 6.57. The first-order valence-electron chi connectivity index (χ1n) is 6.31. The molecule has 0 bridgehead atoms. The van der Waals surface area contributed by atoms with E-state index in [1.54, 1.807) is 4.31 Å². The molecule has 0 aliphatic heterocycles. The maximum absolute atomic E-state index is 11.8. The molecule has 0 atom stereocenters. The highest BCUT2D eigenvalue weighted by atomic mass is 32.2.